The summed E-state index contributed by atoms with van der Waals surface area (Å²) in [5.41, 5.74) is -1.11. The van der Waals surface area contributed by atoms with Gasteiger partial charge in [0.2, 0.25) is 23.5 Å². The fourth-order valence-electron chi connectivity index (χ4n) is 6.22. The van der Waals surface area contributed by atoms with Gasteiger partial charge in [0.15, 0.2) is 0 Å². The van der Waals surface area contributed by atoms with Gasteiger partial charge in [0.05, 0.1) is 6.04 Å². The number of carbonyl (C=O) groups is 6. The molecule has 0 bridgehead atoms. The maximum atomic E-state index is 14.3. The van der Waals surface area contributed by atoms with E-state index < -0.39 is 59.0 Å². The SMILES string of the molecule is C=CCNC(=O)C(=O)C(C/C=C/CC1CC1)NC(=O)[C@@H]1[C@@H](C=C)CCN1C(=O)[C@@H](NC(=O)N[C@H](CN1CCCC1=O)C(C)(C)C)C(C)(C)C. The molecule has 3 aliphatic rings. The summed E-state index contributed by atoms with van der Waals surface area (Å²) in [5.74, 6) is -2.32. The maximum absolute atomic E-state index is 14.3. The Balaban J connectivity index is 1.79. The van der Waals surface area contributed by atoms with Crippen LogP contribution in [0.5, 0.6) is 0 Å². The van der Waals surface area contributed by atoms with Crippen molar-refractivity contribution in [3.8, 4) is 0 Å². The quantitative estimate of drug-likeness (QED) is 0.145. The molecular weight excluding hydrogens is 624 g/mol. The smallest absolute Gasteiger partial charge is 0.315 e. The summed E-state index contributed by atoms with van der Waals surface area (Å²) in [7, 11) is 0. The van der Waals surface area contributed by atoms with Gasteiger partial charge in [-0.25, -0.2) is 4.79 Å². The second kappa shape index (κ2) is 17.1. The summed E-state index contributed by atoms with van der Waals surface area (Å²) in [4.78, 5) is 83.1. The van der Waals surface area contributed by atoms with E-state index in [1.807, 2.05) is 53.7 Å². The highest BCUT2D eigenvalue weighted by molar-refractivity contribution is 6.38. The van der Waals surface area contributed by atoms with E-state index in [1.54, 1.807) is 11.0 Å². The summed E-state index contributed by atoms with van der Waals surface area (Å²) in [5, 5.41) is 11.1. The summed E-state index contributed by atoms with van der Waals surface area (Å²) < 4.78 is 0. The van der Waals surface area contributed by atoms with E-state index in [4.69, 9.17) is 0 Å². The Morgan fingerprint density at radius 2 is 1.61 bits per heavy atom. The fourth-order valence-corrected chi connectivity index (χ4v) is 6.22. The van der Waals surface area contributed by atoms with Crippen molar-refractivity contribution in [1.29, 1.82) is 0 Å². The first kappa shape index (κ1) is 39.5. The van der Waals surface area contributed by atoms with E-state index in [0.717, 1.165) is 12.8 Å². The molecule has 12 heteroatoms. The molecule has 49 heavy (non-hydrogen) atoms. The molecule has 1 unspecified atom stereocenters. The first-order valence-corrected chi connectivity index (χ1v) is 17.6. The lowest BCUT2D eigenvalue weighted by atomic mass is 9.85. The van der Waals surface area contributed by atoms with Crippen molar-refractivity contribution >= 4 is 35.4 Å². The Morgan fingerprint density at radius 1 is 0.918 bits per heavy atom. The third-order valence-electron chi connectivity index (χ3n) is 9.58. The Labute approximate surface area is 291 Å². The zero-order chi connectivity index (χ0) is 36.5. The number of rotatable bonds is 16. The number of amides is 6. The molecule has 0 aromatic heterocycles. The van der Waals surface area contributed by atoms with Crippen LogP contribution in [0, 0.1) is 22.7 Å². The van der Waals surface area contributed by atoms with E-state index in [1.165, 1.54) is 23.8 Å². The second-order valence-electron chi connectivity index (χ2n) is 15.8. The molecule has 1 saturated carbocycles. The maximum Gasteiger partial charge on any atom is 0.315 e. The lowest BCUT2D eigenvalue weighted by Gasteiger charge is -2.38. The molecule has 0 radical (unpaired) electrons. The summed E-state index contributed by atoms with van der Waals surface area (Å²) in [6.45, 7) is 20.3. The predicted octanol–water partition coefficient (Wildman–Crippen LogP) is 3.24. The lowest BCUT2D eigenvalue weighted by molar-refractivity contribution is -0.144. The molecule has 272 valence electrons. The van der Waals surface area contributed by atoms with Gasteiger partial charge in [0.25, 0.3) is 5.91 Å². The van der Waals surface area contributed by atoms with Crippen molar-refractivity contribution in [3.05, 3.63) is 37.5 Å². The molecule has 2 saturated heterocycles. The van der Waals surface area contributed by atoms with E-state index in [-0.39, 0.29) is 36.9 Å². The predicted molar refractivity (Wildman–Crippen MR) is 189 cm³/mol. The molecule has 3 rings (SSSR count). The number of likely N-dealkylation sites (tertiary alicyclic amines) is 2. The van der Waals surface area contributed by atoms with Crippen LogP contribution in [0.25, 0.3) is 0 Å². The fraction of sp³-hybridized carbons (Fsp3) is 0.676. The van der Waals surface area contributed by atoms with Crippen molar-refractivity contribution in [1.82, 2.24) is 31.1 Å². The first-order chi connectivity index (χ1) is 23.0. The number of nitrogens with one attached hydrogen (secondary N) is 4. The molecule has 0 aromatic rings. The Morgan fingerprint density at radius 3 is 2.16 bits per heavy atom. The monoisotopic (exact) mass is 682 g/mol. The highest BCUT2D eigenvalue weighted by Gasteiger charge is 2.46. The number of hydrogen-bond acceptors (Lipinski definition) is 6. The standard InChI is InChI=1S/C37H58N6O6/c1-9-20-38-33(47)30(45)26(15-12-11-14-24-17-18-24)39-32(46)29-25(10-2)19-22-43(29)34(48)31(37(6,7)8)41-35(49)40-27(36(3,4)5)23-42-21-13-16-28(42)44/h9-12,24-27,29,31H,1-2,13-23H2,3-8H3,(H,38,47)(H,39,46)(H2,40,41,49)/b12-11+/t25-,26?,27+,29-,31+/m0/s1. The van der Waals surface area contributed by atoms with Crippen LogP contribution in [0.15, 0.2) is 37.5 Å². The largest absolute Gasteiger partial charge is 0.346 e. The van der Waals surface area contributed by atoms with Crippen LogP contribution in [0.3, 0.4) is 0 Å². The Kier molecular flexibility index (Phi) is 13.8. The highest BCUT2D eigenvalue weighted by atomic mass is 16.2. The number of ketones is 1. The molecule has 1 aliphatic carbocycles. The number of Topliss-reactive ketones (excluding diaryl/α,β-unsaturated/α-hetero) is 1. The number of nitrogens with zero attached hydrogens (tertiary/aromatic N) is 2. The van der Waals surface area contributed by atoms with Crippen molar-refractivity contribution in [3.63, 3.8) is 0 Å². The second-order valence-corrected chi connectivity index (χ2v) is 15.8. The Hall–Kier alpha value is -3.96. The highest BCUT2D eigenvalue weighted by Crippen LogP contribution is 2.33. The molecule has 12 nitrogen and oxygen atoms in total. The summed E-state index contributed by atoms with van der Waals surface area (Å²) in [6.07, 6.45) is 12.0. The average molecular weight is 683 g/mol. The molecule has 3 fully saturated rings. The first-order valence-electron chi connectivity index (χ1n) is 17.6. The zero-order valence-electron chi connectivity index (χ0n) is 30.3. The summed E-state index contributed by atoms with van der Waals surface area (Å²) in [6, 6.07) is -4.06. The van der Waals surface area contributed by atoms with Gasteiger partial charge in [0.1, 0.15) is 18.1 Å². The minimum absolute atomic E-state index is 0.0601. The van der Waals surface area contributed by atoms with Crippen LogP contribution in [-0.4, -0.2) is 95.6 Å². The molecule has 2 aliphatic heterocycles. The number of allylic oxidation sites excluding steroid dienone is 1. The Bertz CT molecular complexity index is 1290. The number of carbonyl (C=O) groups excluding carboxylic acids is 6. The van der Waals surface area contributed by atoms with E-state index in [9.17, 15) is 28.8 Å². The van der Waals surface area contributed by atoms with Crippen LogP contribution >= 0.6 is 0 Å². The van der Waals surface area contributed by atoms with Crippen LogP contribution in [0.1, 0.15) is 86.5 Å². The number of urea groups is 1. The minimum atomic E-state index is -1.13. The zero-order valence-corrected chi connectivity index (χ0v) is 30.3. The average Bonchev–Trinajstić information content (AvgIpc) is 3.61. The van der Waals surface area contributed by atoms with Crippen LogP contribution in [0.4, 0.5) is 4.79 Å². The number of hydrogen-bond donors (Lipinski definition) is 4. The van der Waals surface area contributed by atoms with Gasteiger partial charge in [-0.1, -0.05) is 65.8 Å². The van der Waals surface area contributed by atoms with Gasteiger partial charge < -0.3 is 31.1 Å². The molecule has 0 aromatic carbocycles. The van der Waals surface area contributed by atoms with Crippen molar-refractivity contribution in [2.75, 3.05) is 26.2 Å². The molecule has 5 atom stereocenters. The molecule has 4 N–H and O–H groups in total. The third kappa shape index (κ3) is 11.3. The van der Waals surface area contributed by atoms with Gasteiger partial charge in [0, 0.05) is 38.5 Å². The third-order valence-corrected chi connectivity index (χ3v) is 9.58. The van der Waals surface area contributed by atoms with Gasteiger partial charge in [-0.15, -0.1) is 13.2 Å². The van der Waals surface area contributed by atoms with E-state index in [0.29, 0.717) is 31.8 Å². The minimum Gasteiger partial charge on any atom is -0.346 e. The molecular formula is C37H58N6O6. The topological polar surface area (TPSA) is 157 Å². The molecule has 0 spiro atoms. The summed E-state index contributed by atoms with van der Waals surface area (Å²) >= 11 is 0. The van der Waals surface area contributed by atoms with Crippen LogP contribution in [-0.2, 0) is 24.0 Å². The van der Waals surface area contributed by atoms with Gasteiger partial charge in [-0.2, -0.15) is 0 Å². The van der Waals surface area contributed by atoms with Gasteiger partial charge in [-0.3, -0.25) is 24.0 Å². The van der Waals surface area contributed by atoms with Crippen LogP contribution in [0.2, 0.25) is 0 Å². The lowest BCUT2D eigenvalue weighted by Crippen LogP contribution is -2.62. The van der Waals surface area contributed by atoms with Crippen LogP contribution < -0.4 is 21.3 Å². The molecule has 6 amide bonds. The molecule has 2 heterocycles. The van der Waals surface area contributed by atoms with Gasteiger partial charge >= 0.3 is 6.03 Å². The van der Waals surface area contributed by atoms with Crippen molar-refractivity contribution < 1.29 is 28.8 Å². The van der Waals surface area contributed by atoms with E-state index in [2.05, 4.69) is 34.4 Å². The van der Waals surface area contributed by atoms with E-state index >= 15 is 0 Å². The van der Waals surface area contributed by atoms with Crippen molar-refractivity contribution in [2.24, 2.45) is 22.7 Å². The normalized spacial score (nSPS) is 21.6. The van der Waals surface area contributed by atoms with Gasteiger partial charge in [-0.05, 0) is 55.3 Å². The van der Waals surface area contributed by atoms with Crippen molar-refractivity contribution in [2.45, 2.75) is 111 Å².